The van der Waals surface area contributed by atoms with E-state index in [1.54, 1.807) is 18.3 Å². The van der Waals surface area contributed by atoms with E-state index >= 15 is 0 Å². The molecule has 0 radical (unpaired) electrons. The summed E-state index contributed by atoms with van der Waals surface area (Å²) in [5.41, 5.74) is 3.54. The highest BCUT2D eigenvalue weighted by Crippen LogP contribution is 2.20. The molecule has 0 fully saturated rings. The fourth-order valence-corrected chi connectivity index (χ4v) is 2.23. The predicted molar refractivity (Wildman–Crippen MR) is 85.7 cm³/mol. The molecule has 0 saturated carbocycles. The van der Waals surface area contributed by atoms with E-state index in [2.05, 4.69) is 26.5 Å². The number of nitrogens with one attached hydrogen (secondary N) is 1. The minimum atomic E-state index is -0.416. The van der Waals surface area contributed by atoms with Crippen molar-refractivity contribution in [3.63, 3.8) is 0 Å². The summed E-state index contributed by atoms with van der Waals surface area (Å²) in [6.07, 6.45) is 1.54. The van der Waals surface area contributed by atoms with Gasteiger partial charge in [0.05, 0.1) is 16.8 Å². The largest absolute Gasteiger partial charge is 0.272 e. The van der Waals surface area contributed by atoms with E-state index in [1.807, 2.05) is 24.3 Å². The van der Waals surface area contributed by atoms with Crippen molar-refractivity contribution in [3.05, 3.63) is 68.1 Å². The van der Waals surface area contributed by atoms with E-state index in [4.69, 9.17) is 23.2 Å². The van der Waals surface area contributed by atoms with Gasteiger partial charge < -0.3 is 0 Å². The molecule has 0 saturated heterocycles. The van der Waals surface area contributed by atoms with E-state index in [-0.39, 0.29) is 5.56 Å². The molecule has 0 aliphatic rings. The minimum absolute atomic E-state index is 0.281. The second kappa shape index (κ2) is 6.88. The summed E-state index contributed by atoms with van der Waals surface area (Å²) in [5, 5.41) is 4.65. The van der Waals surface area contributed by atoms with E-state index in [1.165, 1.54) is 6.07 Å². The number of carbonyl (C=O) groups excluding carboxylic acids is 1. The van der Waals surface area contributed by atoms with Crippen molar-refractivity contribution in [2.45, 2.75) is 0 Å². The number of nitrogens with zero attached hydrogens (tertiary/aromatic N) is 1. The molecule has 3 nitrogen and oxygen atoms in total. The number of benzene rings is 2. The predicted octanol–water partition coefficient (Wildman–Crippen LogP) is 4.52. The number of halogens is 3. The highest BCUT2D eigenvalue weighted by Gasteiger charge is 2.09. The van der Waals surface area contributed by atoms with Crippen molar-refractivity contribution in [3.8, 4) is 0 Å². The lowest BCUT2D eigenvalue weighted by atomic mass is 10.2. The van der Waals surface area contributed by atoms with Gasteiger partial charge in [-0.05, 0) is 24.3 Å². The molecule has 20 heavy (non-hydrogen) atoms. The van der Waals surface area contributed by atoms with Gasteiger partial charge in [0.2, 0.25) is 0 Å². The first-order valence-electron chi connectivity index (χ1n) is 5.61. The maximum atomic E-state index is 11.9. The quantitative estimate of drug-likeness (QED) is 0.625. The molecule has 0 unspecified atom stereocenters. The molecule has 0 atom stereocenters. The first-order valence-corrected chi connectivity index (χ1v) is 7.16. The molecule has 2 aromatic carbocycles. The summed E-state index contributed by atoms with van der Waals surface area (Å²) >= 11 is 15.1. The first-order chi connectivity index (χ1) is 9.58. The molecular weight excluding hydrogens is 363 g/mol. The summed E-state index contributed by atoms with van der Waals surface area (Å²) in [6, 6.07) is 12.2. The Morgan fingerprint density at radius 3 is 2.70 bits per heavy atom. The third-order valence-corrected chi connectivity index (χ3v) is 3.73. The van der Waals surface area contributed by atoms with Crippen LogP contribution in [-0.4, -0.2) is 12.1 Å². The maximum Gasteiger partial charge on any atom is 0.272 e. The lowest BCUT2D eigenvalue weighted by Gasteiger charge is -2.03. The number of rotatable bonds is 3. The van der Waals surface area contributed by atoms with Gasteiger partial charge in [0.15, 0.2) is 0 Å². The number of hydrogen-bond donors (Lipinski definition) is 1. The number of hydrogen-bond acceptors (Lipinski definition) is 2. The van der Waals surface area contributed by atoms with Crippen LogP contribution in [0, 0.1) is 0 Å². The Morgan fingerprint density at radius 1 is 1.20 bits per heavy atom. The van der Waals surface area contributed by atoms with Gasteiger partial charge in [0.1, 0.15) is 0 Å². The first kappa shape index (κ1) is 15.0. The van der Waals surface area contributed by atoms with Crippen LogP contribution in [0.4, 0.5) is 0 Å². The van der Waals surface area contributed by atoms with Crippen LogP contribution < -0.4 is 5.43 Å². The number of carbonyl (C=O) groups is 1. The fraction of sp³-hybridized carbons (Fsp3) is 0. The van der Waals surface area contributed by atoms with Crippen LogP contribution in [0.15, 0.2) is 52.0 Å². The summed E-state index contributed by atoms with van der Waals surface area (Å²) in [5.74, 6) is -0.416. The van der Waals surface area contributed by atoms with Gasteiger partial charge in [-0.1, -0.05) is 57.3 Å². The van der Waals surface area contributed by atoms with Crippen molar-refractivity contribution < 1.29 is 4.79 Å². The van der Waals surface area contributed by atoms with Crippen LogP contribution in [0.2, 0.25) is 10.0 Å². The zero-order chi connectivity index (χ0) is 14.5. The molecule has 1 amide bonds. The molecule has 6 heteroatoms. The van der Waals surface area contributed by atoms with Gasteiger partial charge in [0, 0.05) is 15.1 Å². The zero-order valence-electron chi connectivity index (χ0n) is 10.1. The Balaban J connectivity index is 2.09. The Hall–Kier alpha value is -1.36. The number of amides is 1. The molecular formula is C14H9BrCl2N2O. The van der Waals surface area contributed by atoms with Gasteiger partial charge in [-0.15, -0.1) is 0 Å². The third kappa shape index (κ3) is 3.82. The summed E-state index contributed by atoms with van der Waals surface area (Å²) in [4.78, 5) is 11.9. The van der Waals surface area contributed by atoms with Crippen LogP contribution >= 0.6 is 39.1 Å². The van der Waals surface area contributed by atoms with Gasteiger partial charge in [-0.3, -0.25) is 4.79 Å². The van der Waals surface area contributed by atoms with Gasteiger partial charge in [-0.25, -0.2) is 5.43 Å². The van der Waals surface area contributed by atoms with Gasteiger partial charge >= 0.3 is 0 Å². The molecule has 1 N–H and O–H groups in total. The van der Waals surface area contributed by atoms with Crippen molar-refractivity contribution in [2.24, 2.45) is 5.10 Å². The third-order valence-electron chi connectivity index (χ3n) is 2.45. The molecule has 0 aromatic heterocycles. The van der Waals surface area contributed by atoms with Crippen LogP contribution in [0.3, 0.4) is 0 Å². The standard InChI is InChI=1S/C14H9BrCl2N2O/c15-12-4-2-1-3-9(12)8-18-19-14(20)11-7-10(16)5-6-13(11)17/h1-8H,(H,19,20)/b18-8-. The monoisotopic (exact) mass is 370 g/mol. The van der Waals surface area contributed by atoms with Crippen molar-refractivity contribution in [2.75, 3.05) is 0 Å². The molecule has 102 valence electrons. The minimum Gasteiger partial charge on any atom is -0.267 e. The lowest BCUT2D eigenvalue weighted by Crippen LogP contribution is -2.18. The summed E-state index contributed by atoms with van der Waals surface area (Å²) < 4.78 is 0.888. The molecule has 2 rings (SSSR count). The zero-order valence-corrected chi connectivity index (χ0v) is 13.2. The second-order valence-electron chi connectivity index (χ2n) is 3.84. The van der Waals surface area contributed by atoms with Crippen LogP contribution in [0.25, 0.3) is 0 Å². The smallest absolute Gasteiger partial charge is 0.267 e. The van der Waals surface area contributed by atoms with Crippen LogP contribution in [0.5, 0.6) is 0 Å². The molecule has 2 aromatic rings. The average Bonchev–Trinajstić information content (AvgIpc) is 2.43. The molecule has 0 heterocycles. The highest BCUT2D eigenvalue weighted by molar-refractivity contribution is 9.10. The molecule has 0 bridgehead atoms. The molecule has 0 aliphatic heterocycles. The van der Waals surface area contributed by atoms with Crippen LogP contribution in [-0.2, 0) is 0 Å². The van der Waals surface area contributed by atoms with Crippen LogP contribution in [0.1, 0.15) is 15.9 Å². The normalized spacial score (nSPS) is 10.8. The second-order valence-corrected chi connectivity index (χ2v) is 5.54. The van der Waals surface area contributed by atoms with Gasteiger partial charge in [0.25, 0.3) is 5.91 Å². The van der Waals surface area contributed by atoms with E-state index in [0.29, 0.717) is 10.0 Å². The summed E-state index contributed by atoms with van der Waals surface area (Å²) in [7, 11) is 0. The highest BCUT2D eigenvalue weighted by atomic mass is 79.9. The Labute approximate surface area is 134 Å². The van der Waals surface area contributed by atoms with Crippen molar-refractivity contribution >= 4 is 51.3 Å². The fourth-order valence-electron chi connectivity index (χ4n) is 1.47. The Bertz CT molecular complexity index is 674. The van der Waals surface area contributed by atoms with Crippen molar-refractivity contribution in [1.29, 1.82) is 0 Å². The number of hydrazone groups is 1. The Morgan fingerprint density at radius 2 is 1.95 bits per heavy atom. The maximum absolute atomic E-state index is 11.9. The van der Waals surface area contributed by atoms with Gasteiger partial charge in [-0.2, -0.15) is 5.10 Å². The van der Waals surface area contributed by atoms with E-state index in [9.17, 15) is 4.79 Å². The lowest BCUT2D eigenvalue weighted by molar-refractivity contribution is 0.0955. The Kier molecular flexibility index (Phi) is 5.17. The van der Waals surface area contributed by atoms with E-state index in [0.717, 1.165) is 10.0 Å². The van der Waals surface area contributed by atoms with Crippen molar-refractivity contribution in [1.82, 2.24) is 5.43 Å². The SMILES string of the molecule is O=C(N/N=C\c1ccccc1Br)c1cc(Cl)ccc1Cl. The molecule has 0 spiro atoms. The topological polar surface area (TPSA) is 41.5 Å². The molecule has 0 aliphatic carbocycles. The average molecular weight is 372 g/mol. The van der Waals surface area contributed by atoms with E-state index < -0.39 is 5.91 Å². The summed E-state index contributed by atoms with van der Waals surface area (Å²) in [6.45, 7) is 0.